The number of nitrogens with zero attached hydrogens (tertiary/aromatic N) is 2. The van der Waals surface area contributed by atoms with Crippen LogP contribution in [-0.2, 0) is 0 Å². The third-order valence-electron chi connectivity index (χ3n) is 5.59. The van der Waals surface area contributed by atoms with E-state index in [0.29, 0.717) is 0 Å². The van der Waals surface area contributed by atoms with Crippen molar-refractivity contribution in [2.75, 3.05) is 39.3 Å². The van der Waals surface area contributed by atoms with Gasteiger partial charge in [0.25, 0.3) is 0 Å². The molecule has 0 amide bonds. The maximum atomic E-state index is 3.57. The Bertz CT molecular complexity index is 275. The normalized spacial score (nSPS) is 36.6. The molecule has 3 fully saturated rings. The first-order chi connectivity index (χ1) is 9.38. The van der Waals surface area contributed by atoms with Gasteiger partial charge in [0.2, 0.25) is 0 Å². The molecule has 110 valence electrons. The molecule has 0 saturated carbocycles. The van der Waals surface area contributed by atoms with Crippen LogP contribution < -0.4 is 5.32 Å². The van der Waals surface area contributed by atoms with Crippen molar-refractivity contribution in [3.8, 4) is 0 Å². The quantitative estimate of drug-likeness (QED) is 0.838. The minimum atomic E-state index is 0.854. The number of rotatable bonds is 4. The van der Waals surface area contributed by atoms with Gasteiger partial charge in [-0.05, 0) is 64.2 Å². The second kappa shape index (κ2) is 6.55. The Hall–Kier alpha value is -0.120. The van der Waals surface area contributed by atoms with Crippen LogP contribution in [0.4, 0.5) is 0 Å². The highest BCUT2D eigenvalue weighted by molar-refractivity contribution is 4.95. The van der Waals surface area contributed by atoms with E-state index in [2.05, 4.69) is 22.0 Å². The molecule has 3 heterocycles. The molecular weight excluding hydrogens is 234 g/mol. The molecule has 0 aliphatic carbocycles. The number of nitrogens with one attached hydrogen (secondary N) is 1. The zero-order valence-electron chi connectivity index (χ0n) is 12.6. The Kier molecular flexibility index (Phi) is 4.78. The van der Waals surface area contributed by atoms with Crippen molar-refractivity contribution in [2.45, 2.75) is 57.5 Å². The molecule has 0 bridgehead atoms. The number of likely N-dealkylation sites (N-methyl/N-ethyl adjacent to an activating group) is 1. The summed E-state index contributed by atoms with van der Waals surface area (Å²) in [5.74, 6) is 0.895. The summed E-state index contributed by atoms with van der Waals surface area (Å²) in [6, 6.07) is 1.73. The molecule has 19 heavy (non-hydrogen) atoms. The second-order valence-electron chi connectivity index (χ2n) is 6.76. The minimum Gasteiger partial charge on any atom is -0.316 e. The van der Waals surface area contributed by atoms with Gasteiger partial charge < -0.3 is 5.32 Å². The van der Waals surface area contributed by atoms with E-state index in [1.165, 1.54) is 77.8 Å². The zero-order valence-corrected chi connectivity index (χ0v) is 12.6. The summed E-state index contributed by atoms with van der Waals surface area (Å²) in [7, 11) is 0. The van der Waals surface area contributed by atoms with E-state index in [-0.39, 0.29) is 0 Å². The van der Waals surface area contributed by atoms with E-state index in [1.807, 2.05) is 0 Å². The number of fused-ring (bicyclic) bond motifs is 1. The van der Waals surface area contributed by atoms with E-state index in [0.717, 1.165) is 18.0 Å². The molecule has 3 nitrogen and oxygen atoms in total. The summed E-state index contributed by atoms with van der Waals surface area (Å²) in [5.41, 5.74) is 0. The summed E-state index contributed by atoms with van der Waals surface area (Å²) in [4.78, 5) is 5.59. The van der Waals surface area contributed by atoms with Gasteiger partial charge in [0.05, 0.1) is 0 Å². The lowest BCUT2D eigenvalue weighted by atomic mass is 9.94. The summed E-state index contributed by atoms with van der Waals surface area (Å²) in [5, 5.41) is 3.57. The molecule has 0 aromatic carbocycles. The van der Waals surface area contributed by atoms with Gasteiger partial charge in [0.1, 0.15) is 0 Å². The monoisotopic (exact) mass is 265 g/mol. The van der Waals surface area contributed by atoms with E-state index in [9.17, 15) is 0 Å². The molecule has 3 aliphatic rings. The van der Waals surface area contributed by atoms with Crippen LogP contribution in [0.5, 0.6) is 0 Å². The fourth-order valence-electron chi connectivity index (χ4n) is 4.56. The first-order valence-corrected chi connectivity index (χ1v) is 8.57. The summed E-state index contributed by atoms with van der Waals surface area (Å²) >= 11 is 0. The first-order valence-electron chi connectivity index (χ1n) is 8.57. The highest BCUT2D eigenvalue weighted by atomic mass is 15.3. The van der Waals surface area contributed by atoms with Gasteiger partial charge in [-0.2, -0.15) is 0 Å². The number of hydrogen-bond donors (Lipinski definition) is 1. The van der Waals surface area contributed by atoms with Gasteiger partial charge in [0.15, 0.2) is 0 Å². The van der Waals surface area contributed by atoms with Crippen LogP contribution >= 0.6 is 0 Å². The van der Waals surface area contributed by atoms with Crippen molar-refractivity contribution in [3.63, 3.8) is 0 Å². The van der Waals surface area contributed by atoms with Gasteiger partial charge in [-0.3, -0.25) is 9.80 Å². The van der Waals surface area contributed by atoms with E-state index < -0.39 is 0 Å². The Morgan fingerprint density at radius 3 is 2.84 bits per heavy atom. The van der Waals surface area contributed by atoms with Crippen molar-refractivity contribution < 1.29 is 0 Å². The van der Waals surface area contributed by atoms with Crippen LogP contribution in [0.15, 0.2) is 0 Å². The van der Waals surface area contributed by atoms with Gasteiger partial charge in [0, 0.05) is 25.2 Å². The molecule has 3 atom stereocenters. The zero-order chi connectivity index (χ0) is 13.1. The Labute approximate surface area is 118 Å². The molecule has 3 heteroatoms. The molecule has 0 radical (unpaired) electrons. The molecule has 3 unspecified atom stereocenters. The van der Waals surface area contributed by atoms with Crippen LogP contribution in [0.3, 0.4) is 0 Å². The maximum absolute atomic E-state index is 3.57. The van der Waals surface area contributed by atoms with Crippen molar-refractivity contribution in [1.29, 1.82) is 0 Å². The molecule has 0 aromatic heterocycles. The summed E-state index contributed by atoms with van der Waals surface area (Å²) < 4.78 is 0. The number of hydrogen-bond acceptors (Lipinski definition) is 3. The maximum Gasteiger partial charge on any atom is 0.0263 e. The van der Waals surface area contributed by atoms with Crippen molar-refractivity contribution in [1.82, 2.24) is 15.1 Å². The first kappa shape index (κ1) is 13.8. The molecule has 3 saturated heterocycles. The van der Waals surface area contributed by atoms with Crippen molar-refractivity contribution in [2.24, 2.45) is 5.92 Å². The van der Waals surface area contributed by atoms with Crippen LogP contribution in [-0.4, -0.2) is 61.2 Å². The van der Waals surface area contributed by atoms with Crippen LogP contribution in [0, 0.1) is 5.92 Å². The second-order valence-corrected chi connectivity index (χ2v) is 6.76. The molecule has 1 N–H and O–H groups in total. The molecule has 0 aromatic rings. The Morgan fingerprint density at radius 2 is 2.05 bits per heavy atom. The lowest BCUT2D eigenvalue weighted by Gasteiger charge is -2.39. The average molecular weight is 265 g/mol. The van der Waals surface area contributed by atoms with Crippen molar-refractivity contribution in [3.05, 3.63) is 0 Å². The van der Waals surface area contributed by atoms with Crippen molar-refractivity contribution >= 4 is 0 Å². The SMILES string of the molecule is CCN(CC1CCCNC1)C1CCN2CCCCC12. The van der Waals surface area contributed by atoms with Gasteiger partial charge in [-0.25, -0.2) is 0 Å². The Morgan fingerprint density at radius 1 is 1.11 bits per heavy atom. The highest BCUT2D eigenvalue weighted by Gasteiger charge is 2.38. The topological polar surface area (TPSA) is 18.5 Å². The summed E-state index contributed by atoms with van der Waals surface area (Å²) in [6.45, 7) is 10.1. The molecular formula is C16H31N3. The van der Waals surface area contributed by atoms with Gasteiger partial charge in [-0.1, -0.05) is 13.3 Å². The largest absolute Gasteiger partial charge is 0.316 e. The van der Waals surface area contributed by atoms with E-state index >= 15 is 0 Å². The highest BCUT2D eigenvalue weighted by Crippen LogP contribution is 2.31. The van der Waals surface area contributed by atoms with Gasteiger partial charge in [-0.15, -0.1) is 0 Å². The fourth-order valence-corrected chi connectivity index (χ4v) is 4.56. The predicted molar refractivity (Wildman–Crippen MR) is 80.5 cm³/mol. The number of piperidine rings is 2. The van der Waals surface area contributed by atoms with Crippen LogP contribution in [0.1, 0.15) is 45.4 Å². The lowest BCUT2D eigenvalue weighted by Crippen LogP contribution is -2.49. The average Bonchev–Trinajstić information content (AvgIpc) is 2.90. The van der Waals surface area contributed by atoms with Crippen LogP contribution in [0.25, 0.3) is 0 Å². The molecule has 0 spiro atoms. The third kappa shape index (κ3) is 3.14. The van der Waals surface area contributed by atoms with E-state index in [1.54, 1.807) is 0 Å². The van der Waals surface area contributed by atoms with E-state index in [4.69, 9.17) is 0 Å². The van der Waals surface area contributed by atoms with Crippen LogP contribution in [0.2, 0.25) is 0 Å². The van der Waals surface area contributed by atoms with Gasteiger partial charge >= 0.3 is 0 Å². The summed E-state index contributed by atoms with van der Waals surface area (Å²) in [6.07, 6.45) is 8.57. The Balaban J connectivity index is 1.58. The molecule has 3 aliphatic heterocycles. The fraction of sp³-hybridized carbons (Fsp3) is 1.00. The molecule has 3 rings (SSSR count). The predicted octanol–water partition coefficient (Wildman–Crippen LogP) is 1.93. The third-order valence-corrected chi connectivity index (χ3v) is 5.59. The lowest BCUT2D eigenvalue weighted by molar-refractivity contribution is 0.101. The smallest absolute Gasteiger partial charge is 0.0263 e. The standard InChI is InChI=1S/C16H31N3/c1-2-18(13-14-6-5-9-17-12-14)16-8-11-19-10-4-3-7-15(16)19/h14-17H,2-13H2,1H3. The minimum absolute atomic E-state index is 0.854.